The first-order valence-corrected chi connectivity index (χ1v) is 11.6. The van der Waals surface area contributed by atoms with Crippen LogP contribution in [-0.4, -0.2) is 45.4 Å². The summed E-state index contributed by atoms with van der Waals surface area (Å²) in [5, 5.41) is 16.5. The van der Waals surface area contributed by atoms with Crippen LogP contribution in [0.3, 0.4) is 0 Å². The number of nitrogens with zero attached hydrogens (tertiary/aromatic N) is 5. The van der Waals surface area contributed by atoms with Crippen molar-refractivity contribution in [1.29, 1.82) is 0 Å². The quantitative estimate of drug-likeness (QED) is 0.443. The Morgan fingerprint density at radius 2 is 1.64 bits per heavy atom. The highest BCUT2D eigenvalue weighted by molar-refractivity contribution is 5.79. The third-order valence-corrected chi connectivity index (χ3v) is 6.25. The molecule has 3 heterocycles. The molecule has 2 aromatic heterocycles. The number of hydrogen-bond donors (Lipinski definition) is 1. The number of hydrogen-bond acceptors (Lipinski definition) is 5. The molecule has 0 saturated carbocycles. The molecule has 4 aromatic rings. The number of anilines is 1. The lowest BCUT2D eigenvalue weighted by molar-refractivity contribution is -0.125. The minimum absolute atomic E-state index is 0.0662. The van der Waals surface area contributed by atoms with E-state index < -0.39 is 0 Å². The van der Waals surface area contributed by atoms with Crippen LogP contribution in [0.25, 0.3) is 17.0 Å². The summed E-state index contributed by atoms with van der Waals surface area (Å²) in [7, 11) is 0. The summed E-state index contributed by atoms with van der Waals surface area (Å²) in [6.07, 6.45) is 3.61. The van der Waals surface area contributed by atoms with Crippen molar-refractivity contribution >= 4 is 17.4 Å². The van der Waals surface area contributed by atoms with Crippen LogP contribution >= 0.6 is 0 Å². The van der Waals surface area contributed by atoms with Crippen molar-refractivity contribution in [1.82, 2.24) is 25.1 Å². The second-order valence-electron chi connectivity index (χ2n) is 8.49. The van der Waals surface area contributed by atoms with Gasteiger partial charge < -0.3 is 10.2 Å². The van der Waals surface area contributed by atoms with Crippen molar-refractivity contribution in [3.63, 3.8) is 0 Å². The molecule has 0 bridgehead atoms. The fourth-order valence-corrected chi connectivity index (χ4v) is 4.38. The van der Waals surface area contributed by atoms with Gasteiger partial charge in [-0.3, -0.25) is 4.79 Å². The summed E-state index contributed by atoms with van der Waals surface area (Å²) in [5.74, 6) is 1.87. The Morgan fingerprint density at radius 1 is 0.909 bits per heavy atom. The van der Waals surface area contributed by atoms with E-state index >= 15 is 0 Å². The fourth-order valence-electron chi connectivity index (χ4n) is 4.38. The van der Waals surface area contributed by atoms with Gasteiger partial charge in [0.1, 0.15) is 5.82 Å². The first kappa shape index (κ1) is 21.1. The molecule has 33 heavy (non-hydrogen) atoms. The molecule has 168 valence electrons. The minimum Gasteiger partial charge on any atom is -0.356 e. The molecule has 0 radical (unpaired) electrons. The Hall–Kier alpha value is -3.74. The van der Waals surface area contributed by atoms with E-state index in [-0.39, 0.29) is 11.8 Å². The number of amides is 1. The molecule has 1 aliphatic rings. The molecule has 7 nitrogen and oxygen atoms in total. The van der Waals surface area contributed by atoms with E-state index in [1.54, 1.807) is 4.52 Å². The molecule has 1 N–H and O–H groups in total. The van der Waals surface area contributed by atoms with Gasteiger partial charge in [0.05, 0.1) is 0 Å². The molecule has 0 atom stereocenters. The fraction of sp³-hybridized carbons (Fsp3) is 0.308. The Morgan fingerprint density at radius 3 is 2.39 bits per heavy atom. The SMILES string of the molecule is O=C(NCCCc1ccccc1)C1CCN(c2ccc3nnc(-c4ccccc4)n3n2)CC1. The third kappa shape index (κ3) is 4.87. The van der Waals surface area contributed by atoms with Gasteiger partial charge in [-0.05, 0) is 43.4 Å². The topological polar surface area (TPSA) is 75.4 Å². The van der Waals surface area contributed by atoms with Crippen LogP contribution in [-0.2, 0) is 11.2 Å². The largest absolute Gasteiger partial charge is 0.356 e. The third-order valence-electron chi connectivity index (χ3n) is 6.25. The highest BCUT2D eigenvalue weighted by Crippen LogP contribution is 2.24. The molecule has 0 spiro atoms. The smallest absolute Gasteiger partial charge is 0.223 e. The predicted molar refractivity (Wildman–Crippen MR) is 129 cm³/mol. The van der Waals surface area contributed by atoms with Crippen molar-refractivity contribution in [2.24, 2.45) is 5.92 Å². The maximum atomic E-state index is 12.6. The average molecular weight is 441 g/mol. The predicted octanol–water partition coefficient (Wildman–Crippen LogP) is 3.76. The van der Waals surface area contributed by atoms with Gasteiger partial charge in [-0.2, -0.15) is 4.52 Å². The normalized spacial score (nSPS) is 14.5. The summed E-state index contributed by atoms with van der Waals surface area (Å²) in [4.78, 5) is 14.9. The number of piperidine rings is 1. The van der Waals surface area contributed by atoms with E-state index in [2.05, 4.69) is 44.7 Å². The Balaban J connectivity index is 1.16. The van der Waals surface area contributed by atoms with Gasteiger partial charge >= 0.3 is 0 Å². The van der Waals surface area contributed by atoms with E-state index in [0.29, 0.717) is 0 Å². The monoisotopic (exact) mass is 440 g/mol. The molecule has 5 rings (SSSR count). The standard InChI is InChI=1S/C26H28N6O/c33-26(27-17-7-10-20-8-3-1-4-9-20)22-15-18-31(19-16-22)24-14-13-23-28-29-25(32(23)30-24)21-11-5-2-6-12-21/h1-6,8-9,11-14,22H,7,10,15-19H2,(H,27,33). The first-order chi connectivity index (χ1) is 16.3. The van der Waals surface area contributed by atoms with Gasteiger partial charge in [0.15, 0.2) is 11.5 Å². The second kappa shape index (κ2) is 9.81. The number of nitrogens with one attached hydrogen (secondary N) is 1. The average Bonchev–Trinajstić information content (AvgIpc) is 3.31. The Bertz CT molecular complexity index is 1200. The van der Waals surface area contributed by atoms with Crippen LogP contribution in [0.15, 0.2) is 72.8 Å². The van der Waals surface area contributed by atoms with E-state index in [1.807, 2.05) is 48.5 Å². The van der Waals surface area contributed by atoms with Crippen molar-refractivity contribution in [3.05, 3.63) is 78.4 Å². The van der Waals surface area contributed by atoms with Crippen molar-refractivity contribution in [2.45, 2.75) is 25.7 Å². The van der Waals surface area contributed by atoms with E-state index in [9.17, 15) is 4.79 Å². The second-order valence-corrected chi connectivity index (χ2v) is 8.49. The van der Waals surface area contributed by atoms with E-state index in [4.69, 9.17) is 5.10 Å². The van der Waals surface area contributed by atoms with Gasteiger partial charge in [-0.25, -0.2) is 0 Å². The summed E-state index contributed by atoms with van der Waals surface area (Å²) >= 11 is 0. The van der Waals surface area contributed by atoms with E-state index in [0.717, 1.165) is 68.2 Å². The molecule has 7 heteroatoms. The number of aryl methyl sites for hydroxylation is 1. The number of fused-ring (bicyclic) bond motifs is 1. The number of benzene rings is 2. The Kier molecular flexibility index (Phi) is 6.28. The molecular weight excluding hydrogens is 412 g/mol. The lowest BCUT2D eigenvalue weighted by atomic mass is 9.96. The zero-order valence-corrected chi connectivity index (χ0v) is 18.6. The van der Waals surface area contributed by atoms with Crippen molar-refractivity contribution in [2.75, 3.05) is 24.5 Å². The van der Waals surface area contributed by atoms with Gasteiger partial charge in [-0.15, -0.1) is 15.3 Å². The van der Waals surface area contributed by atoms with E-state index in [1.165, 1.54) is 5.56 Å². The zero-order chi connectivity index (χ0) is 22.5. The summed E-state index contributed by atoms with van der Waals surface area (Å²) in [6, 6.07) is 24.3. The number of rotatable bonds is 7. The highest BCUT2D eigenvalue weighted by Gasteiger charge is 2.26. The van der Waals surface area contributed by atoms with Gasteiger partial charge in [-0.1, -0.05) is 60.7 Å². The van der Waals surface area contributed by atoms with Crippen LogP contribution in [0.1, 0.15) is 24.8 Å². The summed E-state index contributed by atoms with van der Waals surface area (Å²) < 4.78 is 1.80. The van der Waals surface area contributed by atoms with Crippen LogP contribution < -0.4 is 10.2 Å². The summed E-state index contributed by atoms with van der Waals surface area (Å²) in [5.41, 5.74) is 3.02. The molecule has 1 aliphatic heterocycles. The van der Waals surface area contributed by atoms with Gasteiger partial charge in [0.25, 0.3) is 0 Å². The molecule has 1 saturated heterocycles. The van der Waals surface area contributed by atoms with Crippen LogP contribution in [0.2, 0.25) is 0 Å². The maximum absolute atomic E-state index is 12.6. The zero-order valence-electron chi connectivity index (χ0n) is 18.6. The van der Waals surface area contributed by atoms with Gasteiger partial charge in [0, 0.05) is 31.1 Å². The first-order valence-electron chi connectivity index (χ1n) is 11.6. The number of carbonyl (C=O) groups is 1. The van der Waals surface area contributed by atoms with Crippen LogP contribution in [0.5, 0.6) is 0 Å². The van der Waals surface area contributed by atoms with Crippen molar-refractivity contribution < 1.29 is 4.79 Å². The minimum atomic E-state index is 0.0662. The molecule has 1 fully saturated rings. The molecule has 0 aliphatic carbocycles. The highest BCUT2D eigenvalue weighted by atomic mass is 16.1. The van der Waals surface area contributed by atoms with Gasteiger partial charge in [0.2, 0.25) is 5.91 Å². The lowest BCUT2D eigenvalue weighted by Crippen LogP contribution is -2.41. The molecule has 1 amide bonds. The van der Waals surface area contributed by atoms with Crippen LogP contribution in [0, 0.1) is 5.92 Å². The number of carbonyl (C=O) groups excluding carboxylic acids is 1. The molecule has 2 aromatic carbocycles. The molecular formula is C26H28N6O. The maximum Gasteiger partial charge on any atom is 0.223 e. The number of aromatic nitrogens is 4. The lowest BCUT2D eigenvalue weighted by Gasteiger charge is -2.32. The molecule has 0 unspecified atom stereocenters. The summed E-state index contributed by atoms with van der Waals surface area (Å²) in [6.45, 7) is 2.34. The van der Waals surface area contributed by atoms with Crippen LogP contribution in [0.4, 0.5) is 5.82 Å². The Labute approximate surface area is 193 Å². The van der Waals surface area contributed by atoms with Crippen molar-refractivity contribution in [3.8, 4) is 11.4 Å².